The van der Waals surface area contributed by atoms with Gasteiger partial charge in [-0.2, -0.15) is 0 Å². The molecule has 0 radical (unpaired) electrons. The van der Waals surface area contributed by atoms with Crippen LogP contribution in [0.4, 0.5) is 5.69 Å². The molecule has 0 bridgehead atoms. The molecule has 136 valence electrons. The van der Waals surface area contributed by atoms with Crippen LogP contribution in [0, 0.1) is 0 Å². The molecule has 2 amide bonds. The van der Waals surface area contributed by atoms with Crippen LogP contribution in [-0.4, -0.2) is 29.3 Å². The number of carbonyl (C=O) groups excluding carboxylic acids is 2. The first-order chi connectivity index (χ1) is 13.2. The van der Waals surface area contributed by atoms with Crippen LogP contribution >= 0.6 is 11.3 Å². The summed E-state index contributed by atoms with van der Waals surface area (Å²) in [7, 11) is 0. The fraction of sp³-hybridized carbons (Fsp3) is 0.182. The van der Waals surface area contributed by atoms with Crippen molar-refractivity contribution in [2.24, 2.45) is 0 Å². The van der Waals surface area contributed by atoms with Crippen molar-refractivity contribution in [3.05, 3.63) is 77.0 Å². The number of hydrogen-bond acceptors (Lipinski definition) is 3. The van der Waals surface area contributed by atoms with Crippen LogP contribution in [0.5, 0.6) is 0 Å². The van der Waals surface area contributed by atoms with Gasteiger partial charge in [0.05, 0.1) is 4.88 Å². The molecule has 1 aliphatic rings. The van der Waals surface area contributed by atoms with Gasteiger partial charge in [0.25, 0.3) is 5.91 Å². The number of anilines is 1. The second kappa shape index (κ2) is 7.76. The van der Waals surface area contributed by atoms with Crippen LogP contribution in [0.1, 0.15) is 22.5 Å². The Kier molecular flexibility index (Phi) is 5.03. The van der Waals surface area contributed by atoms with Crippen molar-refractivity contribution in [2.75, 3.05) is 11.9 Å². The number of benzene rings is 2. The van der Waals surface area contributed by atoms with Crippen LogP contribution in [0.25, 0.3) is 11.1 Å². The molecule has 3 aromatic rings. The van der Waals surface area contributed by atoms with Gasteiger partial charge >= 0.3 is 0 Å². The van der Waals surface area contributed by atoms with E-state index >= 15 is 0 Å². The highest BCUT2D eigenvalue weighted by atomic mass is 32.1. The summed E-state index contributed by atoms with van der Waals surface area (Å²) < 4.78 is 0. The molecule has 2 heterocycles. The number of nitrogens with one attached hydrogen (secondary N) is 1. The smallest absolute Gasteiger partial charge is 0.264 e. The Bertz CT molecular complexity index is 921. The lowest BCUT2D eigenvalue weighted by Crippen LogP contribution is -2.42. The average Bonchev–Trinajstić information content (AvgIpc) is 3.41. The molecule has 0 aliphatic carbocycles. The van der Waals surface area contributed by atoms with Crippen molar-refractivity contribution >= 4 is 28.8 Å². The Morgan fingerprint density at radius 3 is 2.37 bits per heavy atom. The Morgan fingerprint density at radius 2 is 1.67 bits per heavy atom. The largest absolute Gasteiger partial charge is 0.326 e. The first kappa shape index (κ1) is 17.5. The highest BCUT2D eigenvalue weighted by molar-refractivity contribution is 7.12. The second-order valence-electron chi connectivity index (χ2n) is 6.57. The van der Waals surface area contributed by atoms with Crippen molar-refractivity contribution in [2.45, 2.75) is 18.9 Å². The number of rotatable bonds is 4. The van der Waals surface area contributed by atoms with Crippen LogP contribution in [-0.2, 0) is 4.79 Å². The van der Waals surface area contributed by atoms with Crippen molar-refractivity contribution in [3.8, 4) is 11.1 Å². The fourth-order valence-electron chi connectivity index (χ4n) is 3.43. The third-order valence-electron chi connectivity index (χ3n) is 4.81. The van der Waals surface area contributed by atoms with Gasteiger partial charge in [0, 0.05) is 12.2 Å². The van der Waals surface area contributed by atoms with Crippen LogP contribution in [0.2, 0.25) is 0 Å². The van der Waals surface area contributed by atoms with E-state index in [2.05, 4.69) is 17.4 Å². The van der Waals surface area contributed by atoms with E-state index in [0.717, 1.165) is 23.2 Å². The van der Waals surface area contributed by atoms with Gasteiger partial charge in [-0.05, 0) is 47.5 Å². The number of thiophene rings is 1. The lowest BCUT2D eigenvalue weighted by Gasteiger charge is -2.23. The summed E-state index contributed by atoms with van der Waals surface area (Å²) in [5.74, 6) is -0.174. The minimum Gasteiger partial charge on any atom is -0.326 e. The monoisotopic (exact) mass is 376 g/mol. The van der Waals surface area contributed by atoms with Gasteiger partial charge in [-0.25, -0.2) is 0 Å². The summed E-state index contributed by atoms with van der Waals surface area (Å²) in [6, 6.07) is 21.2. The molecule has 4 rings (SSSR count). The van der Waals surface area contributed by atoms with Crippen LogP contribution in [0.15, 0.2) is 72.1 Å². The molecule has 0 saturated carbocycles. The van der Waals surface area contributed by atoms with Crippen molar-refractivity contribution in [3.63, 3.8) is 0 Å². The summed E-state index contributed by atoms with van der Waals surface area (Å²) >= 11 is 1.41. The number of nitrogens with zero attached hydrogens (tertiary/aromatic N) is 1. The van der Waals surface area contributed by atoms with Crippen LogP contribution in [0.3, 0.4) is 0 Å². The first-order valence-corrected chi connectivity index (χ1v) is 9.91. The van der Waals surface area contributed by atoms with Gasteiger partial charge in [0.1, 0.15) is 6.04 Å². The highest BCUT2D eigenvalue weighted by Gasteiger charge is 2.34. The van der Waals surface area contributed by atoms with Gasteiger partial charge in [-0.1, -0.05) is 48.5 Å². The molecule has 2 aromatic carbocycles. The Morgan fingerprint density at radius 1 is 0.926 bits per heavy atom. The van der Waals surface area contributed by atoms with E-state index in [-0.39, 0.29) is 11.8 Å². The third-order valence-corrected chi connectivity index (χ3v) is 5.67. The highest BCUT2D eigenvalue weighted by Crippen LogP contribution is 2.25. The number of carbonyl (C=O) groups is 2. The van der Waals surface area contributed by atoms with Gasteiger partial charge in [-0.15, -0.1) is 11.3 Å². The molecule has 1 aromatic heterocycles. The zero-order valence-electron chi connectivity index (χ0n) is 14.8. The first-order valence-electron chi connectivity index (χ1n) is 9.03. The van der Waals surface area contributed by atoms with E-state index in [1.165, 1.54) is 11.3 Å². The van der Waals surface area contributed by atoms with Gasteiger partial charge < -0.3 is 10.2 Å². The summed E-state index contributed by atoms with van der Waals surface area (Å²) in [4.78, 5) is 27.8. The average molecular weight is 376 g/mol. The molecular formula is C22H20N2O2S. The minimum atomic E-state index is -0.409. The quantitative estimate of drug-likeness (QED) is 0.720. The van der Waals surface area contributed by atoms with Gasteiger partial charge in [0.15, 0.2) is 0 Å². The zero-order valence-corrected chi connectivity index (χ0v) is 15.6. The second-order valence-corrected chi connectivity index (χ2v) is 7.51. The standard InChI is InChI=1S/C22H20N2O2S/c25-21(19-8-4-14-24(19)22(26)20-9-5-15-27-20)23-18-12-10-17(11-13-18)16-6-2-1-3-7-16/h1-3,5-7,9-13,15,19H,4,8,14H2,(H,23,25)/t19-/m0/s1. The minimum absolute atomic E-state index is 0.0536. The molecule has 1 atom stereocenters. The van der Waals surface area contributed by atoms with E-state index in [9.17, 15) is 9.59 Å². The van der Waals surface area contributed by atoms with Crippen molar-refractivity contribution in [1.82, 2.24) is 4.90 Å². The predicted octanol–water partition coefficient (Wildman–Crippen LogP) is 4.66. The molecule has 0 spiro atoms. The normalized spacial score (nSPS) is 16.3. The van der Waals surface area contributed by atoms with Crippen molar-refractivity contribution in [1.29, 1.82) is 0 Å². The van der Waals surface area contributed by atoms with E-state index in [1.807, 2.05) is 60.0 Å². The van der Waals surface area contributed by atoms with E-state index in [4.69, 9.17) is 0 Å². The van der Waals surface area contributed by atoms with Gasteiger partial charge in [-0.3, -0.25) is 9.59 Å². The Labute approximate surface area is 162 Å². The molecule has 4 nitrogen and oxygen atoms in total. The maximum Gasteiger partial charge on any atom is 0.264 e. The summed E-state index contributed by atoms with van der Waals surface area (Å²) in [5.41, 5.74) is 2.98. The molecule has 1 fully saturated rings. The number of amides is 2. The predicted molar refractivity (Wildman–Crippen MR) is 109 cm³/mol. The van der Waals surface area contributed by atoms with Gasteiger partial charge in [0.2, 0.25) is 5.91 Å². The third kappa shape index (κ3) is 3.78. The molecular weight excluding hydrogens is 356 g/mol. The molecule has 1 saturated heterocycles. The summed E-state index contributed by atoms with van der Waals surface area (Å²) in [6.07, 6.45) is 1.55. The van der Waals surface area contributed by atoms with E-state index < -0.39 is 6.04 Å². The molecule has 27 heavy (non-hydrogen) atoms. The topological polar surface area (TPSA) is 49.4 Å². The lowest BCUT2D eigenvalue weighted by atomic mass is 10.1. The Hall–Kier alpha value is -2.92. The fourth-order valence-corrected chi connectivity index (χ4v) is 4.11. The summed E-state index contributed by atoms with van der Waals surface area (Å²) in [5, 5.41) is 4.84. The summed E-state index contributed by atoms with van der Waals surface area (Å²) in [6.45, 7) is 0.627. The molecule has 5 heteroatoms. The SMILES string of the molecule is O=C(Nc1ccc(-c2ccccc2)cc1)[C@@H]1CCCN1C(=O)c1cccs1. The molecule has 1 aliphatic heterocycles. The Balaban J connectivity index is 1.44. The van der Waals surface area contributed by atoms with Crippen LogP contribution < -0.4 is 5.32 Å². The lowest BCUT2D eigenvalue weighted by molar-refractivity contribution is -0.119. The van der Waals surface area contributed by atoms with Crippen molar-refractivity contribution < 1.29 is 9.59 Å². The number of hydrogen-bond donors (Lipinski definition) is 1. The van der Waals surface area contributed by atoms with E-state index in [1.54, 1.807) is 4.90 Å². The maximum atomic E-state index is 12.8. The zero-order chi connectivity index (χ0) is 18.6. The number of likely N-dealkylation sites (tertiary alicyclic amines) is 1. The molecule has 1 N–H and O–H groups in total. The molecule has 0 unspecified atom stereocenters. The maximum absolute atomic E-state index is 12.8. The van der Waals surface area contributed by atoms with E-state index in [0.29, 0.717) is 17.8 Å².